The van der Waals surface area contributed by atoms with Crippen molar-refractivity contribution in [3.05, 3.63) is 32.2 Å². The molecule has 0 aliphatic carbocycles. The first kappa shape index (κ1) is 45.4. The zero-order chi connectivity index (χ0) is 38.1. The molecule has 2 amide bonds. The third-order valence-corrected chi connectivity index (χ3v) is 9.36. The average Bonchev–Trinajstić information content (AvgIpc) is 3.50. The number of nitrogens with zero attached hydrogens (tertiary/aromatic N) is 2. The van der Waals surface area contributed by atoms with Gasteiger partial charge in [0, 0.05) is 53.4 Å². The topological polar surface area (TPSA) is 303 Å². The molecular weight excluding hydrogens is 751 g/mol. The second-order valence-corrected chi connectivity index (χ2v) is 14.3. The van der Waals surface area contributed by atoms with Gasteiger partial charge in [-0.25, -0.2) is 46.9 Å². The minimum atomic E-state index is -4.94. The van der Waals surface area contributed by atoms with Crippen molar-refractivity contribution in [1.29, 1.82) is 0 Å². The van der Waals surface area contributed by atoms with Crippen LogP contribution in [0.25, 0.3) is 0 Å². The van der Waals surface area contributed by atoms with E-state index in [1.165, 1.54) is 13.8 Å². The van der Waals surface area contributed by atoms with Crippen molar-refractivity contribution in [3.8, 4) is 0 Å². The molecule has 2 aromatic rings. The quantitative estimate of drug-likeness (QED) is 0.211. The smallest absolute Gasteiger partial charge is 0.328 e. The fraction of sp³-hybridized carbons (Fsp3) is 0.643. The van der Waals surface area contributed by atoms with E-state index in [9.17, 15) is 19.2 Å². The highest BCUT2D eigenvalue weighted by Crippen LogP contribution is 2.15. The Labute approximate surface area is 301 Å². The molecule has 1 aliphatic rings. The van der Waals surface area contributed by atoms with Crippen LogP contribution in [0.1, 0.15) is 73.5 Å². The molecule has 2 aromatic heterocycles. The number of cyclic esters (lactones) is 2. The molecule has 284 valence electrons. The minimum absolute atomic E-state index is 0.248. The summed E-state index contributed by atoms with van der Waals surface area (Å²) in [4.78, 5) is 51.3. The van der Waals surface area contributed by atoms with Gasteiger partial charge < -0.3 is 20.1 Å². The lowest BCUT2D eigenvalue weighted by Crippen LogP contribution is -2.68. The van der Waals surface area contributed by atoms with Crippen LogP contribution < -0.4 is 57.0 Å². The number of rotatable bonds is 2. The zero-order valence-electron chi connectivity index (χ0n) is 28.0. The number of thiazole rings is 2. The molecule has 0 spiro atoms. The molecular formula is C28H42Cl2N4O14S2. The van der Waals surface area contributed by atoms with Gasteiger partial charge in [0.15, 0.2) is 11.4 Å². The van der Waals surface area contributed by atoms with E-state index < -0.39 is 44.5 Å². The van der Waals surface area contributed by atoms with Crippen molar-refractivity contribution in [2.75, 3.05) is 13.2 Å². The Hall–Kier alpha value is -2.60. The molecule has 18 nitrogen and oxygen atoms in total. The van der Waals surface area contributed by atoms with E-state index in [0.29, 0.717) is 25.7 Å². The highest BCUT2D eigenvalue weighted by atomic mass is 35.7. The fourth-order valence-electron chi connectivity index (χ4n) is 4.76. The molecule has 2 N–H and O–H groups in total. The standard InChI is InChI=1S/C28H40N4O6S2.2ClHO4/c1-19-25-11-15-37-27(35)24(30-22(4)34)10-6-8-14-32-18-40-26(20(32)2)12-16-38-28(36)23(29-21(3)33)9-5-7-13-31(19)17-39-25;2*2-1(3,4)5/h17-18,23-24H,5-16H2,1-4H3;2*(H,2,3,4,5)/t23-,24-;;/m0../s1. The van der Waals surface area contributed by atoms with Gasteiger partial charge in [0.05, 0.1) is 23.0 Å². The van der Waals surface area contributed by atoms with Crippen molar-refractivity contribution in [2.45, 2.75) is 104 Å². The second-order valence-electron chi connectivity index (χ2n) is 10.9. The van der Waals surface area contributed by atoms with E-state index in [4.69, 9.17) is 46.7 Å². The van der Waals surface area contributed by atoms with Crippen LogP contribution in [-0.4, -0.2) is 49.1 Å². The molecule has 0 radical (unpaired) electrons. The summed E-state index contributed by atoms with van der Waals surface area (Å²) in [7, 11) is -9.89. The Bertz CT molecular complexity index is 1270. The molecule has 0 saturated heterocycles. The van der Waals surface area contributed by atoms with Crippen molar-refractivity contribution < 1.29 is 95.5 Å². The predicted octanol–water partition coefficient (Wildman–Crippen LogP) is -7.28. The largest absolute Gasteiger partial charge is 0.464 e. The average molecular weight is 794 g/mol. The van der Waals surface area contributed by atoms with E-state index in [1.54, 1.807) is 22.7 Å². The van der Waals surface area contributed by atoms with Crippen LogP contribution in [0.15, 0.2) is 11.0 Å². The maximum Gasteiger partial charge on any atom is 0.328 e. The maximum atomic E-state index is 12.8. The molecule has 1 aliphatic heterocycles. The molecule has 0 unspecified atom stereocenters. The van der Waals surface area contributed by atoms with Gasteiger partial charge in [0.25, 0.3) is 0 Å². The SMILES string of the molecule is CC(=O)N[C@H]1CCCC[n+]2csc(c2C)CCOC(=O)[C@@H](NC(C)=O)CCCC[n+]2csc(c2C)CCOC1=O.[O-][Cl+3]([O-])([O-])[O-].[O-][Cl+3]([O-])([O-])[O-]. The van der Waals surface area contributed by atoms with Gasteiger partial charge in [0.1, 0.15) is 25.2 Å². The number of esters is 2. The first-order valence-electron chi connectivity index (χ1n) is 15.2. The number of hydrogen-bond donors (Lipinski definition) is 2. The number of fused-ring (bicyclic) bond motifs is 4. The molecule has 0 fully saturated rings. The van der Waals surface area contributed by atoms with E-state index in [-0.39, 0.29) is 25.0 Å². The Kier molecular flexibility index (Phi) is 20.3. The summed E-state index contributed by atoms with van der Waals surface area (Å²) in [6.07, 6.45) is 5.42. The van der Waals surface area contributed by atoms with Crippen molar-refractivity contribution >= 4 is 46.4 Å². The van der Waals surface area contributed by atoms with Gasteiger partial charge in [-0.3, -0.25) is 9.59 Å². The predicted molar refractivity (Wildman–Crippen MR) is 151 cm³/mol. The van der Waals surface area contributed by atoms with Gasteiger partial charge in [-0.2, -0.15) is 9.13 Å². The Balaban J connectivity index is 0.00000109. The van der Waals surface area contributed by atoms with E-state index >= 15 is 0 Å². The number of aromatic nitrogens is 2. The number of halogens is 2. The van der Waals surface area contributed by atoms with Crippen molar-refractivity contribution in [3.63, 3.8) is 0 Å². The summed E-state index contributed by atoms with van der Waals surface area (Å²) >= 11 is 3.24. The van der Waals surface area contributed by atoms with E-state index in [1.807, 2.05) is 13.8 Å². The third-order valence-electron chi connectivity index (χ3n) is 7.07. The normalized spacial score (nSPS) is 18.8. The number of amides is 2. The Morgan fingerprint density at radius 2 is 1.00 bits per heavy atom. The summed E-state index contributed by atoms with van der Waals surface area (Å²) in [6.45, 7) is 9.00. The summed E-state index contributed by atoms with van der Waals surface area (Å²) in [5, 5.41) is 5.50. The molecule has 3 rings (SSSR count). The molecule has 4 bridgehead atoms. The van der Waals surface area contributed by atoms with Crippen LogP contribution in [0, 0.1) is 34.3 Å². The lowest BCUT2D eigenvalue weighted by atomic mass is 10.1. The first-order valence-corrected chi connectivity index (χ1v) is 19.4. The number of nitrogens with one attached hydrogen (secondary N) is 2. The molecule has 3 heterocycles. The summed E-state index contributed by atoms with van der Waals surface area (Å²) in [5.74, 6) is -1.28. The Morgan fingerprint density at radius 3 is 1.30 bits per heavy atom. The first-order chi connectivity index (χ1) is 23.2. The number of carbonyl (C=O) groups excluding carboxylic acids is 4. The lowest BCUT2D eigenvalue weighted by Gasteiger charge is -2.17. The van der Waals surface area contributed by atoms with Crippen LogP contribution in [0.3, 0.4) is 0 Å². The van der Waals surface area contributed by atoms with Crippen molar-refractivity contribution in [2.24, 2.45) is 0 Å². The minimum Gasteiger partial charge on any atom is -0.464 e. The highest BCUT2D eigenvalue weighted by molar-refractivity contribution is 7.09. The van der Waals surface area contributed by atoms with E-state index in [2.05, 4.69) is 30.8 Å². The summed E-state index contributed by atoms with van der Waals surface area (Å²) in [5.41, 5.74) is 6.36. The highest BCUT2D eigenvalue weighted by Gasteiger charge is 2.24. The van der Waals surface area contributed by atoms with Gasteiger partial charge in [0.2, 0.25) is 22.8 Å². The van der Waals surface area contributed by atoms with Gasteiger partial charge >= 0.3 is 11.9 Å². The second kappa shape index (κ2) is 22.4. The lowest BCUT2D eigenvalue weighted by molar-refractivity contribution is -2.00. The molecule has 50 heavy (non-hydrogen) atoms. The fourth-order valence-corrected chi connectivity index (χ4v) is 6.78. The zero-order valence-corrected chi connectivity index (χ0v) is 31.1. The molecule has 0 aromatic carbocycles. The number of carbonyl (C=O) groups is 4. The van der Waals surface area contributed by atoms with Crippen LogP contribution >= 0.6 is 22.7 Å². The van der Waals surface area contributed by atoms with Gasteiger partial charge in [-0.15, -0.1) is 20.5 Å². The van der Waals surface area contributed by atoms with E-state index in [0.717, 1.165) is 59.9 Å². The Morgan fingerprint density at radius 1 is 0.680 bits per heavy atom. The molecule has 2 atom stereocenters. The number of aryl methyl sites for hydroxylation is 2. The number of hydrogen-bond acceptors (Lipinski definition) is 16. The van der Waals surface area contributed by atoms with Crippen LogP contribution in [0.5, 0.6) is 0 Å². The summed E-state index contributed by atoms with van der Waals surface area (Å²) < 4.78 is 83.4. The maximum absolute atomic E-state index is 12.8. The molecule has 0 saturated carbocycles. The van der Waals surface area contributed by atoms with Gasteiger partial charge in [-0.05, 0) is 25.7 Å². The third kappa shape index (κ3) is 20.9. The van der Waals surface area contributed by atoms with Crippen LogP contribution in [-0.2, 0) is 54.6 Å². The monoisotopic (exact) mass is 792 g/mol. The van der Waals surface area contributed by atoms with Crippen LogP contribution in [0.2, 0.25) is 0 Å². The summed E-state index contributed by atoms with van der Waals surface area (Å²) in [6, 6.07) is -1.31. The van der Waals surface area contributed by atoms with Gasteiger partial charge in [-0.1, -0.05) is 22.7 Å². The number of ether oxygens (including phenoxy) is 2. The molecule has 22 heteroatoms. The van der Waals surface area contributed by atoms with Crippen molar-refractivity contribution in [1.82, 2.24) is 10.6 Å². The van der Waals surface area contributed by atoms with Crippen LogP contribution in [0.4, 0.5) is 0 Å².